The Morgan fingerprint density at radius 1 is 0.438 bits per heavy atom. The minimum absolute atomic E-state index is 0.347. The normalized spacial score (nSPS) is 15.9. The van der Waals surface area contributed by atoms with Crippen LogP contribution in [0.4, 0.5) is 0 Å². The van der Waals surface area contributed by atoms with E-state index >= 15 is 0 Å². The summed E-state index contributed by atoms with van der Waals surface area (Å²) in [4.78, 5) is 0. The van der Waals surface area contributed by atoms with Crippen LogP contribution < -0.4 is 0 Å². The number of hydrogen-bond donors (Lipinski definition) is 0. The fourth-order valence-corrected chi connectivity index (χ4v) is 8.10. The van der Waals surface area contributed by atoms with Gasteiger partial charge in [-0.3, -0.25) is 0 Å². The lowest BCUT2D eigenvalue weighted by atomic mass is 9.80. The highest BCUT2D eigenvalue weighted by molar-refractivity contribution is 6.15. The molecule has 0 fully saturated rings. The van der Waals surface area contributed by atoms with Gasteiger partial charge in [-0.05, 0) is 105 Å². The van der Waals surface area contributed by atoms with Gasteiger partial charge in [0.05, 0.1) is 0 Å². The van der Waals surface area contributed by atoms with Crippen LogP contribution in [-0.4, -0.2) is 0 Å². The molecule has 0 spiro atoms. The van der Waals surface area contributed by atoms with Crippen molar-refractivity contribution in [1.82, 2.24) is 0 Å². The minimum atomic E-state index is 0.347. The van der Waals surface area contributed by atoms with Gasteiger partial charge in [-0.25, -0.2) is 0 Å². The maximum atomic E-state index is 6.51. The standard InChI is InChI=1S/C46H32O2/c1-28-35-12-7-8-14-37(35)36-13-6-5-11-33(36)24-38(28)34-20-22-44-40(25-34)42-27-45-41(26-46(42)48-44)39-23-32(19-21-43(39)47-45)31-17-15-30(16-18-31)29-9-3-2-4-10-29/h2-23,25-28,38H,24H2,1H3. The molecule has 1 aliphatic rings. The van der Waals surface area contributed by atoms with Crippen LogP contribution in [0.2, 0.25) is 0 Å². The first-order valence-electron chi connectivity index (χ1n) is 16.8. The van der Waals surface area contributed by atoms with Crippen molar-refractivity contribution in [3.8, 4) is 33.4 Å². The largest absolute Gasteiger partial charge is 0.456 e. The Morgan fingerprint density at radius 2 is 0.979 bits per heavy atom. The summed E-state index contributed by atoms with van der Waals surface area (Å²) >= 11 is 0. The van der Waals surface area contributed by atoms with Crippen molar-refractivity contribution in [3.05, 3.63) is 168 Å². The summed E-state index contributed by atoms with van der Waals surface area (Å²) in [5.41, 5.74) is 15.2. The van der Waals surface area contributed by atoms with Gasteiger partial charge in [-0.15, -0.1) is 0 Å². The number of rotatable bonds is 3. The molecular formula is C46H32O2. The maximum absolute atomic E-state index is 6.51. The summed E-state index contributed by atoms with van der Waals surface area (Å²) < 4.78 is 13.0. The first-order valence-corrected chi connectivity index (χ1v) is 16.8. The summed E-state index contributed by atoms with van der Waals surface area (Å²) in [7, 11) is 0. The van der Waals surface area contributed by atoms with Crippen LogP contribution in [0.25, 0.3) is 77.3 Å². The molecule has 0 amide bonds. The Bertz CT molecular complexity index is 2650. The molecule has 10 rings (SSSR count). The highest BCUT2D eigenvalue weighted by atomic mass is 16.3. The smallest absolute Gasteiger partial charge is 0.136 e. The van der Waals surface area contributed by atoms with E-state index in [-0.39, 0.29) is 0 Å². The second-order valence-electron chi connectivity index (χ2n) is 13.3. The molecule has 0 N–H and O–H groups in total. The van der Waals surface area contributed by atoms with Crippen molar-refractivity contribution in [3.63, 3.8) is 0 Å². The molecule has 0 bridgehead atoms. The van der Waals surface area contributed by atoms with Gasteiger partial charge in [0.2, 0.25) is 0 Å². The number of hydrogen-bond acceptors (Lipinski definition) is 2. The number of benzene rings is 7. The van der Waals surface area contributed by atoms with Crippen molar-refractivity contribution >= 4 is 43.9 Å². The highest BCUT2D eigenvalue weighted by Crippen LogP contribution is 2.46. The Labute approximate surface area is 278 Å². The average Bonchev–Trinajstić information content (AvgIpc) is 3.65. The highest BCUT2D eigenvalue weighted by Gasteiger charge is 2.29. The molecule has 0 saturated carbocycles. The summed E-state index contributed by atoms with van der Waals surface area (Å²) in [5, 5.41) is 4.41. The second kappa shape index (κ2) is 10.6. The van der Waals surface area contributed by atoms with Gasteiger partial charge >= 0.3 is 0 Å². The van der Waals surface area contributed by atoms with Gasteiger partial charge in [-0.2, -0.15) is 0 Å². The van der Waals surface area contributed by atoms with E-state index in [1.165, 1.54) is 50.1 Å². The molecule has 0 radical (unpaired) electrons. The van der Waals surface area contributed by atoms with Gasteiger partial charge in [0.1, 0.15) is 22.3 Å². The van der Waals surface area contributed by atoms with Gasteiger partial charge in [-0.1, -0.05) is 122 Å². The monoisotopic (exact) mass is 616 g/mol. The van der Waals surface area contributed by atoms with E-state index in [2.05, 4.69) is 159 Å². The summed E-state index contributed by atoms with van der Waals surface area (Å²) in [6.45, 7) is 2.39. The third-order valence-electron chi connectivity index (χ3n) is 10.6. The van der Waals surface area contributed by atoms with Crippen molar-refractivity contribution in [1.29, 1.82) is 0 Å². The molecule has 0 saturated heterocycles. The maximum Gasteiger partial charge on any atom is 0.136 e. The molecule has 0 aliphatic heterocycles. The lowest BCUT2D eigenvalue weighted by molar-refractivity contribution is 0.579. The molecule has 2 heterocycles. The summed E-state index contributed by atoms with van der Waals surface area (Å²) in [6, 6.07) is 54.8. The van der Waals surface area contributed by atoms with Crippen LogP contribution in [0.3, 0.4) is 0 Å². The zero-order chi connectivity index (χ0) is 31.8. The van der Waals surface area contributed by atoms with Crippen molar-refractivity contribution in [2.75, 3.05) is 0 Å². The summed E-state index contributed by atoms with van der Waals surface area (Å²) in [6.07, 6.45) is 0.998. The third-order valence-corrected chi connectivity index (χ3v) is 10.6. The summed E-state index contributed by atoms with van der Waals surface area (Å²) in [5.74, 6) is 0.717. The predicted octanol–water partition coefficient (Wildman–Crippen LogP) is 12.9. The molecule has 7 aromatic carbocycles. The van der Waals surface area contributed by atoms with Gasteiger partial charge in [0, 0.05) is 21.5 Å². The fraction of sp³-hybridized carbons (Fsp3) is 0.0870. The van der Waals surface area contributed by atoms with E-state index < -0.39 is 0 Å². The van der Waals surface area contributed by atoms with Crippen LogP contribution in [0, 0.1) is 0 Å². The van der Waals surface area contributed by atoms with Crippen LogP contribution in [0.1, 0.15) is 35.4 Å². The SMILES string of the molecule is CC1c2ccccc2-c2ccccc2CC1c1ccc2oc3cc4c(cc3c2c1)oc1ccc(-c2ccc(-c3ccccc3)cc2)cc14. The Morgan fingerprint density at radius 3 is 1.73 bits per heavy atom. The molecule has 228 valence electrons. The lowest BCUT2D eigenvalue weighted by Crippen LogP contribution is -2.10. The van der Waals surface area contributed by atoms with E-state index in [0.717, 1.165) is 50.3 Å². The average molecular weight is 617 g/mol. The molecule has 2 nitrogen and oxygen atoms in total. The molecule has 9 aromatic rings. The first kappa shape index (κ1) is 27.3. The van der Waals surface area contributed by atoms with Crippen LogP contribution in [-0.2, 0) is 6.42 Å². The molecule has 2 heteroatoms. The van der Waals surface area contributed by atoms with E-state index in [9.17, 15) is 0 Å². The zero-order valence-corrected chi connectivity index (χ0v) is 26.6. The minimum Gasteiger partial charge on any atom is -0.456 e. The van der Waals surface area contributed by atoms with Gasteiger partial charge in [0.25, 0.3) is 0 Å². The Balaban J connectivity index is 1.06. The van der Waals surface area contributed by atoms with Crippen LogP contribution >= 0.6 is 0 Å². The van der Waals surface area contributed by atoms with E-state index in [0.29, 0.717) is 11.8 Å². The van der Waals surface area contributed by atoms with E-state index in [1.807, 2.05) is 0 Å². The molecular weight excluding hydrogens is 585 g/mol. The molecule has 1 aliphatic carbocycles. The van der Waals surface area contributed by atoms with Gasteiger partial charge < -0.3 is 8.83 Å². The first-order chi connectivity index (χ1) is 23.7. The molecule has 2 unspecified atom stereocenters. The van der Waals surface area contributed by atoms with E-state index in [4.69, 9.17) is 8.83 Å². The van der Waals surface area contributed by atoms with Crippen molar-refractivity contribution < 1.29 is 8.83 Å². The quantitative estimate of drug-likeness (QED) is 0.197. The third kappa shape index (κ3) is 4.26. The Hall–Kier alpha value is -5.86. The number of fused-ring (bicyclic) bond motifs is 9. The Kier molecular flexibility index (Phi) is 6.01. The molecule has 2 atom stereocenters. The number of furan rings is 2. The topological polar surface area (TPSA) is 26.3 Å². The van der Waals surface area contributed by atoms with Crippen molar-refractivity contribution in [2.45, 2.75) is 25.2 Å². The fourth-order valence-electron chi connectivity index (χ4n) is 8.10. The lowest BCUT2D eigenvalue weighted by Gasteiger charge is -2.24. The molecule has 48 heavy (non-hydrogen) atoms. The second-order valence-corrected chi connectivity index (χ2v) is 13.3. The van der Waals surface area contributed by atoms with Gasteiger partial charge in [0.15, 0.2) is 0 Å². The van der Waals surface area contributed by atoms with Crippen molar-refractivity contribution in [2.24, 2.45) is 0 Å². The molecule has 2 aromatic heterocycles. The van der Waals surface area contributed by atoms with E-state index in [1.54, 1.807) is 0 Å². The predicted molar refractivity (Wildman–Crippen MR) is 199 cm³/mol. The zero-order valence-electron chi connectivity index (χ0n) is 26.6. The van der Waals surface area contributed by atoms with Crippen LogP contribution in [0.15, 0.2) is 160 Å². The van der Waals surface area contributed by atoms with Crippen LogP contribution in [0.5, 0.6) is 0 Å².